The molecule has 0 aromatic heterocycles. The number of hydrogen-bond acceptors (Lipinski definition) is 3. The molecule has 4 heteroatoms. The van der Waals surface area contributed by atoms with Crippen LogP contribution in [0.5, 0.6) is 0 Å². The Morgan fingerprint density at radius 2 is 2.00 bits per heavy atom. The predicted octanol–water partition coefficient (Wildman–Crippen LogP) is 0.864. The fraction of sp³-hybridized carbons (Fsp3) is 0.182. The number of carbonyl (C=O) groups is 2. The molecule has 1 aliphatic heterocycles. The van der Waals surface area contributed by atoms with Gasteiger partial charge in [-0.2, -0.15) is 5.26 Å². The Balaban J connectivity index is 2.42. The van der Waals surface area contributed by atoms with E-state index in [4.69, 9.17) is 5.26 Å². The smallest absolute Gasteiger partial charge is 0.234 e. The van der Waals surface area contributed by atoms with Crippen LogP contribution < -0.4 is 4.90 Å². The van der Waals surface area contributed by atoms with Crippen LogP contribution in [0.1, 0.15) is 12.0 Å². The second-order valence-electron chi connectivity index (χ2n) is 3.32. The second-order valence-corrected chi connectivity index (χ2v) is 3.32. The van der Waals surface area contributed by atoms with Gasteiger partial charge in [0.15, 0.2) is 5.78 Å². The van der Waals surface area contributed by atoms with E-state index in [9.17, 15) is 9.59 Å². The van der Waals surface area contributed by atoms with Gasteiger partial charge < -0.3 is 4.90 Å². The molecule has 1 heterocycles. The molecule has 4 nitrogen and oxygen atoms in total. The number of hydrogen-bond donors (Lipinski definition) is 0. The lowest BCUT2D eigenvalue weighted by atomic mass is 10.2. The van der Waals surface area contributed by atoms with Gasteiger partial charge in [0.2, 0.25) is 5.91 Å². The van der Waals surface area contributed by atoms with E-state index in [0.717, 1.165) is 0 Å². The average molecular weight is 200 g/mol. The van der Waals surface area contributed by atoms with Gasteiger partial charge in [0.05, 0.1) is 24.2 Å². The molecule has 0 spiro atoms. The normalized spacial score (nSPS) is 15.5. The standard InChI is InChI=1S/C11H8N2O2/c12-6-8-3-1-2-4-10(8)13-7-9(14)5-11(13)15/h1-4H,5,7H2. The number of para-hydroxylation sites is 1. The summed E-state index contributed by atoms with van der Waals surface area (Å²) < 4.78 is 0. The van der Waals surface area contributed by atoms with Crippen molar-refractivity contribution in [1.29, 1.82) is 5.26 Å². The molecule has 0 N–H and O–H groups in total. The molecule has 0 atom stereocenters. The minimum atomic E-state index is -0.234. The third kappa shape index (κ3) is 1.59. The Kier molecular flexibility index (Phi) is 2.22. The molecule has 0 aliphatic carbocycles. The summed E-state index contributed by atoms with van der Waals surface area (Å²) in [5, 5.41) is 8.86. The number of nitrogens with zero attached hydrogens (tertiary/aromatic N) is 2. The predicted molar refractivity (Wildman–Crippen MR) is 53.1 cm³/mol. The zero-order valence-corrected chi connectivity index (χ0v) is 7.93. The van der Waals surface area contributed by atoms with Crippen molar-refractivity contribution in [1.82, 2.24) is 0 Å². The van der Waals surface area contributed by atoms with Gasteiger partial charge in [-0.15, -0.1) is 0 Å². The fourth-order valence-electron chi connectivity index (χ4n) is 1.61. The molecule has 0 saturated carbocycles. The quantitative estimate of drug-likeness (QED) is 0.632. The summed E-state index contributed by atoms with van der Waals surface area (Å²) in [5.74, 6) is -0.338. The maximum atomic E-state index is 11.4. The molecular formula is C11H8N2O2. The lowest BCUT2D eigenvalue weighted by Crippen LogP contribution is -2.25. The topological polar surface area (TPSA) is 61.2 Å². The Morgan fingerprint density at radius 3 is 2.60 bits per heavy atom. The number of benzene rings is 1. The Labute approximate surface area is 86.7 Å². The first-order valence-corrected chi connectivity index (χ1v) is 4.53. The van der Waals surface area contributed by atoms with Crippen molar-refractivity contribution in [2.75, 3.05) is 11.4 Å². The highest BCUT2D eigenvalue weighted by atomic mass is 16.2. The summed E-state index contributed by atoms with van der Waals surface area (Å²) >= 11 is 0. The number of carbonyl (C=O) groups excluding carboxylic acids is 2. The molecule has 1 saturated heterocycles. The largest absolute Gasteiger partial charge is 0.303 e. The number of anilines is 1. The summed E-state index contributed by atoms with van der Waals surface area (Å²) in [7, 11) is 0. The Bertz CT molecular complexity index is 474. The first-order valence-electron chi connectivity index (χ1n) is 4.53. The van der Waals surface area contributed by atoms with Gasteiger partial charge in [0, 0.05) is 0 Å². The molecule has 1 aromatic rings. The van der Waals surface area contributed by atoms with Crippen LogP contribution in [0.3, 0.4) is 0 Å². The van der Waals surface area contributed by atoms with Crippen LogP contribution in [0.15, 0.2) is 24.3 Å². The van der Waals surface area contributed by atoms with Crippen LogP contribution in [0, 0.1) is 11.3 Å². The van der Waals surface area contributed by atoms with Crippen LogP contribution in [-0.4, -0.2) is 18.2 Å². The van der Waals surface area contributed by atoms with Crippen molar-refractivity contribution in [3.8, 4) is 6.07 Å². The first kappa shape index (κ1) is 9.41. The summed E-state index contributed by atoms with van der Waals surface area (Å²) in [4.78, 5) is 23.9. The zero-order valence-electron chi connectivity index (χ0n) is 7.93. The molecule has 1 aromatic carbocycles. The fourth-order valence-corrected chi connectivity index (χ4v) is 1.61. The molecular weight excluding hydrogens is 192 g/mol. The van der Waals surface area contributed by atoms with E-state index in [1.54, 1.807) is 24.3 Å². The highest BCUT2D eigenvalue weighted by Crippen LogP contribution is 2.23. The molecule has 1 amide bonds. The van der Waals surface area contributed by atoms with E-state index in [2.05, 4.69) is 0 Å². The van der Waals surface area contributed by atoms with Gasteiger partial charge in [-0.25, -0.2) is 0 Å². The monoisotopic (exact) mass is 200 g/mol. The maximum absolute atomic E-state index is 11.4. The molecule has 1 aliphatic rings. The lowest BCUT2D eigenvalue weighted by Gasteiger charge is -2.15. The van der Waals surface area contributed by atoms with E-state index >= 15 is 0 Å². The summed E-state index contributed by atoms with van der Waals surface area (Å²) in [6, 6.07) is 8.78. The van der Waals surface area contributed by atoms with E-state index in [-0.39, 0.29) is 24.7 Å². The number of ketones is 1. The highest BCUT2D eigenvalue weighted by molar-refractivity contribution is 6.15. The van der Waals surface area contributed by atoms with Crippen LogP contribution in [0.2, 0.25) is 0 Å². The number of rotatable bonds is 1. The Morgan fingerprint density at radius 1 is 1.27 bits per heavy atom. The van der Waals surface area contributed by atoms with E-state index < -0.39 is 0 Å². The highest BCUT2D eigenvalue weighted by Gasteiger charge is 2.29. The van der Waals surface area contributed by atoms with Crippen LogP contribution in [0.4, 0.5) is 5.69 Å². The van der Waals surface area contributed by atoms with Gasteiger partial charge in [0.25, 0.3) is 0 Å². The van der Waals surface area contributed by atoms with Crippen molar-refractivity contribution in [2.45, 2.75) is 6.42 Å². The number of nitriles is 1. The lowest BCUT2D eigenvalue weighted by molar-refractivity contribution is -0.121. The van der Waals surface area contributed by atoms with Crippen molar-refractivity contribution >= 4 is 17.4 Å². The third-order valence-electron chi connectivity index (χ3n) is 2.30. The Hall–Kier alpha value is -2.15. The third-order valence-corrected chi connectivity index (χ3v) is 2.30. The van der Waals surface area contributed by atoms with Crippen molar-refractivity contribution < 1.29 is 9.59 Å². The minimum Gasteiger partial charge on any atom is -0.303 e. The SMILES string of the molecule is N#Cc1ccccc1N1CC(=O)CC1=O. The summed E-state index contributed by atoms with van der Waals surface area (Å²) in [6.07, 6.45) is -0.0558. The molecule has 2 rings (SSSR count). The molecule has 74 valence electrons. The van der Waals surface area contributed by atoms with Crippen LogP contribution >= 0.6 is 0 Å². The van der Waals surface area contributed by atoms with Crippen LogP contribution in [0.25, 0.3) is 0 Å². The number of Topliss-reactive ketones (excluding diaryl/α,β-unsaturated/α-hetero) is 1. The van der Waals surface area contributed by atoms with E-state index in [0.29, 0.717) is 11.3 Å². The van der Waals surface area contributed by atoms with Crippen LogP contribution in [-0.2, 0) is 9.59 Å². The van der Waals surface area contributed by atoms with Gasteiger partial charge in [0.1, 0.15) is 6.07 Å². The molecule has 15 heavy (non-hydrogen) atoms. The van der Waals surface area contributed by atoms with Gasteiger partial charge in [-0.1, -0.05) is 12.1 Å². The van der Waals surface area contributed by atoms with Crippen molar-refractivity contribution in [3.05, 3.63) is 29.8 Å². The van der Waals surface area contributed by atoms with E-state index in [1.807, 2.05) is 6.07 Å². The average Bonchev–Trinajstić information content (AvgIpc) is 2.57. The van der Waals surface area contributed by atoms with Crippen molar-refractivity contribution in [3.63, 3.8) is 0 Å². The second kappa shape index (κ2) is 3.54. The summed E-state index contributed by atoms with van der Waals surface area (Å²) in [5.41, 5.74) is 0.941. The van der Waals surface area contributed by atoms with Gasteiger partial charge >= 0.3 is 0 Å². The van der Waals surface area contributed by atoms with Gasteiger partial charge in [-0.3, -0.25) is 9.59 Å². The molecule has 0 unspecified atom stereocenters. The maximum Gasteiger partial charge on any atom is 0.234 e. The van der Waals surface area contributed by atoms with Crippen molar-refractivity contribution in [2.24, 2.45) is 0 Å². The van der Waals surface area contributed by atoms with E-state index in [1.165, 1.54) is 4.90 Å². The summed E-state index contributed by atoms with van der Waals surface area (Å²) in [6.45, 7) is 0.0809. The molecule has 0 bridgehead atoms. The zero-order chi connectivity index (χ0) is 10.8. The number of amides is 1. The van der Waals surface area contributed by atoms with Gasteiger partial charge in [-0.05, 0) is 12.1 Å². The molecule has 1 fully saturated rings. The first-order chi connectivity index (χ1) is 7.22. The molecule has 0 radical (unpaired) electrons. The minimum absolute atomic E-state index is 0.0558.